The second kappa shape index (κ2) is 6.55. The number of benzene rings is 2. The van der Waals surface area contributed by atoms with Gasteiger partial charge in [-0.25, -0.2) is 8.42 Å². The van der Waals surface area contributed by atoms with Gasteiger partial charge in [0.2, 0.25) is 5.78 Å². The minimum absolute atomic E-state index is 0.174. The number of carbonyl (C=O) groups excluding carboxylic acids is 1. The average molecular weight is 382 g/mol. The number of para-hydroxylation sites is 1. The van der Waals surface area contributed by atoms with Crippen LogP contribution < -0.4 is 0 Å². The lowest BCUT2D eigenvalue weighted by Crippen LogP contribution is -2.08. The van der Waals surface area contributed by atoms with Crippen molar-refractivity contribution in [3.8, 4) is 0 Å². The molecule has 0 radical (unpaired) electrons. The zero-order valence-electron chi connectivity index (χ0n) is 13.6. The fourth-order valence-electron chi connectivity index (χ4n) is 2.86. The SMILES string of the molecule is O=C(c1cccs1)c1c(CS(=O)(=O)c2ccccc2)oc2ccccc12. The van der Waals surface area contributed by atoms with Gasteiger partial charge in [-0.3, -0.25) is 4.79 Å². The Morgan fingerprint density at radius 3 is 2.38 bits per heavy atom. The molecule has 4 aromatic rings. The lowest BCUT2D eigenvalue weighted by molar-refractivity contribution is 0.104. The summed E-state index contributed by atoms with van der Waals surface area (Å²) in [5, 5.41) is 2.44. The standard InChI is InChI=1S/C20H14O4S2/c21-20(18-11-6-12-25-18)19-15-9-4-5-10-16(15)24-17(19)13-26(22,23)14-7-2-1-3-8-14/h1-12H,13H2. The summed E-state index contributed by atoms with van der Waals surface area (Å²) in [6.45, 7) is 0. The molecule has 0 N–H and O–H groups in total. The molecule has 2 aromatic carbocycles. The van der Waals surface area contributed by atoms with Gasteiger partial charge >= 0.3 is 0 Å². The molecule has 0 aliphatic carbocycles. The monoisotopic (exact) mass is 382 g/mol. The van der Waals surface area contributed by atoms with Crippen molar-refractivity contribution in [1.29, 1.82) is 0 Å². The Hall–Kier alpha value is -2.70. The highest BCUT2D eigenvalue weighted by Gasteiger charge is 2.27. The second-order valence-corrected chi connectivity index (χ2v) is 8.71. The molecule has 0 saturated carbocycles. The first-order chi connectivity index (χ1) is 12.6. The van der Waals surface area contributed by atoms with E-state index >= 15 is 0 Å². The fraction of sp³-hybridized carbons (Fsp3) is 0.0500. The van der Waals surface area contributed by atoms with E-state index in [9.17, 15) is 13.2 Å². The molecule has 0 amide bonds. The Labute approximate surface area is 154 Å². The van der Waals surface area contributed by atoms with Gasteiger partial charge in [0, 0.05) is 5.39 Å². The number of thiophene rings is 1. The Balaban J connectivity index is 1.85. The molecule has 0 aliphatic heterocycles. The Morgan fingerprint density at radius 2 is 1.65 bits per heavy atom. The third-order valence-corrected chi connectivity index (χ3v) is 6.57. The maximum atomic E-state index is 13.0. The first kappa shape index (κ1) is 16.8. The van der Waals surface area contributed by atoms with Crippen LogP contribution in [0.15, 0.2) is 81.4 Å². The lowest BCUT2D eigenvalue weighted by Gasteiger charge is -2.04. The molecular formula is C20H14O4S2. The van der Waals surface area contributed by atoms with Crippen LogP contribution in [0.3, 0.4) is 0 Å². The fourth-order valence-corrected chi connectivity index (χ4v) is 4.82. The summed E-state index contributed by atoms with van der Waals surface area (Å²) in [4.78, 5) is 13.7. The number of furan rings is 1. The minimum atomic E-state index is -3.63. The molecule has 4 rings (SSSR count). The quantitative estimate of drug-likeness (QED) is 0.469. The van der Waals surface area contributed by atoms with Gasteiger partial charge in [-0.05, 0) is 29.6 Å². The summed E-state index contributed by atoms with van der Waals surface area (Å²) in [6.07, 6.45) is 0. The number of sulfone groups is 1. The molecule has 0 fully saturated rings. The largest absolute Gasteiger partial charge is 0.459 e. The van der Waals surface area contributed by atoms with Gasteiger partial charge in [0.25, 0.3) is 0 Å². The van der Waals surface area contributed by atoms with Crippen LogP contribution in [0, 0.1) is 0 Å². The molecule has 0 atom stereocenters. The van der Waals surface area contributed by atoms with Crippen molar-refractivity contribution in [3.05, 3.63) is 88.3 Å². The molecule has 0 bridgehead atoms. The van der Waals surface area contributed by atoms with Crippen LogP contribution in [0.1, 0.15) is 21.0 Å². The maximum Gasteiger partial charge on any atom is 0.207 e. The van der Waals surface area contributed by atoms with Gasteiger partial charge < -0.3 is 4.42 Å². The summed E-state index contributed by atoms with van der Waals surface area (Å²) >= 11 is 1.32. The number of hydrogen-bond donors (Lipinski definition) is 0. The first-order valence-electron chi connectivity index (χ1n) is 7.93. The highest BCUT2D eigenvalue weighted by atomic mass is 32.2. The molecule has 0 unspecified atom stereocenters. The maximum absolute atomic E-state index is 13.0. The molecule has 2 aromatic heterocycles. The van der Waals surface area contributed by atoms with E-state index in [-0.39, 0.29) is 22.2 Å². The zero-order chi connectivity index (χ0) is 18.1. The van der Waals surface area contributed by atoms with E-state index in [1.54, 1.807) is 66.7 Å². The summed E-state index contributed by atoms with van der Waals surface area (Å²) in [5.74, 6) is -0.408. The summed E-state index contributed by atoms with van der Waals surface area (Å²) in [5.41, 5.74) is 0.827. The number of ketones is 1. The molecular weight excluding hydrogens is 368 g/mol. The van der Waals surface area contributed by atoms with Crippen molar-refractivity contribution in [1.82, 2.24) is 0 Å². The first-order valence-corrected chi connectivity index (χ1v) is 10.5. The van der Waals surface area contributed by atoms with Crippen molar-refractivity contribution in [2.24, 2.45) is 0 Å². The van der Waals surface area contributed by atoms with E-state index < -0.39 is 9.84 Å². The molecule has 0 saturated heterocycles. The lowest BCUT2D eigenvalue weighted by atomic mass is 10.1. The van der Waals surface area contributed by atoms with E-state index in [1.165, 1.54) is 11.3 Å². The number of carbonyl (C=O) groups is 1. The van der Waals surface area contributed by atoms with E-state index in [1.807, 2.05) is 5.38 Å². The topological polar surface area (TPSA) is 64.3 Å². The van der Waals surface area contributed by atoms with Crippen molar-refractivity contribution in [2.45, 2.75) is 10.6 Å². The Morgan fingerprint density at radius 1 is 0.923 bits per heavy atom. The van der Waals surface area contributed by atoms with Gasteiger partial charge in [0.05, 0.1) is 15.3 Å². The Kier molecular flexibility index (Phi) is 4.22. The average Bonchev–Trinajstić information content (AvgIpc) is 3.29. The van der Waals surface area contributed by atoms with E-state index in [4.69, 9.17) is 4.42 Å². The van der Waals surface area contributed by atoms with E-state index in [0.29, 0.717) is 21.4 Å². The summed E-state index contributed by atoms with van der Waals surface area (Å²) in [6, 6.07) is 18.8. The number of rotatable bonds is 5. The molecule has 26 heavy (non-hydrogen) atoms. The number of hydrogen-bond acceptors (Lipinski definition) is 5. The summed E-state index contributed by atoms with van der Waals surface area (Å²) in [7, 11) is -3.63. The van der Waals surface area contributed by atoms with Crippen LogP contribution >= 0.6 is 11.3 Å². The molecule has 6 heteroatoms. The predicted molar refractivity (Wildman–Crippen MR) is 101 cm³/mol. The van der Waals surface area contributed by atoms with E-state index in [2.05, 4.69) is 0 Å². The van der Waals surface area contributed by atoms with Gasteiger partial charge in [-0.1, -0.05) is 42.5 Å². The highest BCUT2D eigenvalue weighted by molar-refractivity contribution is 7.90. The van der Waals surface area contributed by atoms with Crippen LogP contribution in [0.5, 0.6) is 0 Å². The molecule has 130 valence electrons. The Bertz CT molecular complexity index is 1170. The predicted octanol–water partition coefficient (Wildman–Crippen LogP) is 4.70. The summed E-state index contributed by atoms with van der Waals surface area (Å²) < 4.78 is 31.3. The van der Waals surface area contributed by atoms with Crippen LogP contribution in [0.2, 0.25) is 0 Å². The van der Waals surface area contributed by atoms with Crippen LogP contribution in [-0.2, 0) is 15.6 Å². The van der Waals surface area contributed by atoms with Crippen molar-refractivity contribution in [2.75, 3.05) is 0 Å². The van der Waals surface area contributed by atoms with Crippen LogP contribution in [-0.4, -0.2) is 14.2 Å². The molecule has 0 spiro atoms. The zero-order valence-corrected chi connectivity index (χ0v) is 15.2. The second-order valence-electron chi connectivity index (χ2n) is 5.77. The van der Waals surface area contributed by atoms with E-state index in [0.717, 1.165) is 0 Å². The molecule has 2 heterocycles. The normalized spacial score (nSPS) is 11.7. The smallest absolute Gasteiger partial charge is 0.207 e. The van der Waals surface area contributed by atoms with Crippen LogP contribution in [0.4, 0.5) is 0 Å². The van der Waals surface area contributed by atoms with Crippen LogP contribution in [0.25, 0.3) is 11.0 Å². The molecule has 0 aliphatic rings. The van der Waals surface area contributed by atoms with Gasteiger partial charge in [0.1, 0.15) is 17.1 Å². The van der Waals surface area contributed by atoms with Gasteiger partial charge in [0.15, 0.2) is 9.84 Å². The highest BCUT2D eigenvalue weighted by Crippen LogP contribution is 2.31. The van der Waals surface area contributed by atoms with Crippen molar-refractivity contribution >= 4 is 37.9 Å². The minimum Gasteiger partial charge on any atom is -0.459 e. The number of fused-ring (bicyclic) bond motifs is 1. The third-order valence-electron chi connectivity index (χ3n) is 4.06. The molecule has 4 nitrogen and oxygen atoms in total. The van der Waals surface area contributed by atoms with Gasteiger partial charge in [-0.2, -0.15) is 0 Å². The van der Waals surface area contributed by atoms with Gasteiger partial charge in [-0.15, -0.1) is 11.3 Å². The third kappa shape index (κ3) is 2.98. The van der Waals surface area contributed by atoms with Crippen molar-refractivity contribution in [3.63, 3.8) is 0 Å². The van der Waals surface area contributed by atoms with Crippen molar-refractivity contribution < 1.29 is 17.6 Å².